The van der Waals surface area contributed by atoms with Crippen LogP contribution in [0.2, 0.25) is 0 Å². The van der Waals surface area contributed by atoms with E-state index in [4.69, 9.17) is 10.7 Å². The number of rotatable bonds is 5. The zero-order valence-corrected chi connectivity index (χ0v) is 14.8. The molecule has 0 saturated carbocycles. The van der Waals surface area contributed by atoms with Gasteiger partial charge in [0.1, 0.15) is 5.82 Å². The van der Waals surface area contributed by atoms with Gasteiger partial charge in [-0.05, 0) is 26.3 Å². The van der Waals surface area contributed by atoms with E-state index in [1.807, 2.05) is 13.2 Å². The third kappa shape index (κ3) is 3.12. The Hall–Kier alpha value is -2.38. The molecule has 3 rings (SSSR count). The number of aromatic nitrogens is 3. The van der Waals surface area contributed by atoms with Crippen molar-refractivity contribution in [3.63, 3.8) is 0 Å². The largest absolute Gasteiger partial charge is 0.393 e. The van der Waals surface area contributed by atoms with E-state index in [0.717, 1.165) is 42.8 Å². The van der Waals surface area contributed by atoms with E-state index < -0.39 is 6.10 Å². The fraction of sp³-hybridized carbons (Fsp3) is 0.444. The van der Waals surface area contributed by atoms with Crippen molar-refractivity contribution in [3.05, 3.63) is 41.9 Å². The van der Waals surface area contributed by atoms with Gasteiger partial charge in [-0.2, -0.15) is 9.61 Å². The molecular formula is C18H26N6O. The molecular weight excluding hydrogens is 316 g/mol. The summed E-state index contributed by atoms with van der Waals surface area (Å²) in [5.74, 6) is 0.675. The molecule has 2 aromatic heterocycles. The van der Waals surface area contributed by atoms with Gasteiger partial charge in [-0.15, -0.1) is 0 Å². The van der Waals surface area contributed by atoms with Crippen LogP contribution in [0.4, 0.5) is 5.82 Å². The number of nitrogen functional groups attached to an aromatic ring is 1. The summed E-state index contributed by atoms with van der Waals surface area (Å²) in [5.41, 5.74) is 10.3. The van der Waals surface area contributed by atoms with Crippen LogP contribution in [-0.4, -0.2) is 39.8 Å². The summed E-state index contributed by atoms with van der Waals surface area (Å²) in [4.78, 5) is 4.90. The second-order valence-corrected chi connectivity index (χ2v) is 6.40. The average molecular weight is 342 g/mol. The number of allylic oxidation sites excluding steroid dienone is 2. The molecule has 0 amide bonds. The number of aliphatic hydroxyl groups is 1. The van der Waals surface area contributed by atoms with Crippen LogP contribution in [0, 0.1) is 0 Å². The molecule has 0 aliphatic carbocycles. The summed E-state index contributed by atoms with van der Waals surface area (Å²) in [6.45, 7) is 7.45. The van der Waals surface area contributed by atoms with E-state index in [2.05, 4.69) is 22.3 Å². The van der Waals surface area contributed by atoms with E-state index in [0.29, 0.717) is 17.0 Å². The number of hydrogen-bond acceptors (Lipinski definition) is 6. The lowest BCUT2D eigenvalue weighted by molar-refractivity contribution is 0.196. The molecule has 25 heavy (non-hydrogen) atoms. The molecule has 2 aromatic rings. The van der Waals surface area contributed by atoms with Crippen LogP contribution in [-0.2, 0) is 0 Å². The normalized spacial score (nSPS) is 19.8. The second-order valence-electron chi connectivity index (χ2n) is 6.40. The molecule has 5 N–H and O–H groups in total. The smallest absolute Gasteiger partial charge is 0.165 e. The van der Waals surface area contributed by atoms with Gasteiger partial charge in [-0.1, -0.05) is 12.7 Å². The fourth-order valence-electron chi connectivity index (χ4n) is 3.48. The van der Waals surface area contributed by atoms with E-state index in [1.165, 1.54) is 0 Å². The van der Waals surface area contributed by atoms with Gasteiger partial charge in [0.15, 0.2) is 5.65 Å². The van der Waals surface area contributed by atoms with Crippen molar-refractivity contribution in [2.75, 3.05) is 25.9 Å². The Kier molecular flexibility index (Phi) is 5.06. The van der Waals surface area contributed by atoms with Crippen LogP contribution in [0.5, 0.6) is 0 Å². The monoisotopic (exact) mass is 342 g/mol. The summed E-state index contributed by atoms with van der Waals surface area (Å²) in [5, 5.41) is 21.1. The van der Waals surface area contributed by atoms with Crippen molar-refractivity contribution in [1.29, 1.82) is 0 Å². The minimum atomic E-state index is -0.701. The van der Waals surface area contributed by atoms with Gasteiger partial charge < -0.3 is 21.5 Å². The molecule has 1 aliphatic rings. The molecule has 1 aliphatic heterocycles. The number of nitrogens with two attached hydrogens (primary N) is 1. The molecule has 1 fully saturated rings. The van der Waals surface area contributed by atoms with E-state index >= 15 is 0 Å². The topological polar surface area (TPSA) is 100 Å². The van der Waals surface area contributed by atoms with Gasteiger partial charge in [-0.25, -0.2) is 4.98 Å². The molecule has 3 heterocycles. The van der Waals surface area contributed by atoms with Crippen LogP contribution in [0.3, 0.4) is 0 Å². The Morgan fingerprint density at radius 3 is 3.00 bits per heavy atom. The maximum Gasteiger partial charge on any atom is 0.165 e. The standard InChI is InChI=1S/C18H26N6O/c1-4-12(8-20-3)14-10-22-24-17(19)15(11(2)25)16(23-18(14)24)13-6-5-7-21-9-13/h4,8,10-11,13,20-21,25H,1,5-7,9,19H2,2-3H3/b12-8+. The molecule has 7 nitrogen and oxygen atoms in total. The summed E-state index contributed by atoms with van der Waals surface area (Å²) in [7, 11) is 1.83. The van der Waals surface area contributed by atoms with E-state index in [9.17, 15) is 5.11 Å². The molecule has 0 bridgehead atoms. The lowest BCUT2D eigenvalue weighted by atomic mass is 9.91. The van der Waals surface area contributed by atoms with Gasteiger partial charge in [0.25, 0.3) is 0 Å². The Morgan fingerprint density at radius 2 is 2.40 bits per heavy atom. The predicted molar refractivity (Wildman–Crippen MR) is 100 cm³/mol. The first kappa shape index (κ1) is 17.4. The van der Waals surface area contributed by atoms with Gasteiger partial charge >= 0.3 is 0 Å². The zero-order chi connectivity index (χ0) is 18.0. The number of fused-ring (bicyclic) bond motifs is 1. The van der Waals surface area contributed by atoms with Crippen molar-refractivity contribution in [1.82, 2.24) is 25.2 Å². The Labute approximate surface area is 147 Å². The van der Waals surface area contributed by atoms with E-state index in [-0.39, 0.29) is 5.92 Å². The molecule has 2 atom stereocenters. The van der Waals surface area contributed by atoms with E-state index in [1.54, 1.807) is 23.7 Å². The molecule has 2 unspecified atom stereocenters. The van der Waals surface area contributed by atoms with Crippen LogP contribution in [0.15, 0.2) is 25.1 Å². The van der Waals surface area contributed by atoms with Gasteiger partial charge in [0.2, 0.25) is 0 Å². The first-order valence-electron chi connectivity index (χ1n) is 8.64. The highest BCUT2D eigenvalue weighted by Crippen LogP contribution is 2.34. The summed E-state index contributed by atoms with van der Waals surface area (Å²) < 4.78 is 1.60. The van der Waals surface area contributed by atoms with Crippen molar-refractivity contribution >= 4 is 17.0 Å². The van der Waals surface area contributed by atoms with Crippen molar-refractivity contribution < 1.29 is 5.11 Å². The highest BCUT2D eigenvalue weighted by molar-refractivity contribution is 5.82. The number of piperidine rings is 1. The molecule has 0 radical (unpaired) electrons. The summed E-state index contributed by atoms with van der Waals surface area (Å²) in [6.07, 6.45) is 6.76. The molecule has 0 spiro atoms. The Balaban J connectivity index is 2.24. The van der Waals surface area contributed by atoms with Gasteiger partial charge in [0, 0.05) is 42.4 Å². The van der Waals surface area contributed by atoms with Crippen molar-refractivity contribution in [2.24, 2.45) is 0 Å². The van der Waals surface area contributed by atoms with Crippen LogP contribution >= 0.6 is 0 Å². The summed E-state index contributed by atoms with van der Waals surface area (Å²) in [6, 6.07) is 0. The third-order valence-corrected chi connectivity index (χ3v) is 4.68. The fourth-order valence-corrected chi connectivity index (χ4v) is 3.48. The van der Waals surface area contributed by atoms with Crippen molar-refractivity contribution in [3.8, 4) is 0 Å². The SMILES string of the molecule is C=C/C(=C\NC)c1cnn2c(N)c(C(C)O)c(C3CCCNC3)nc12. The first-order chi connectivity index (χ1) is 12.1. The number of anilines is 1. The quantitative estimate of drug-likeness (QED) is 0.616. The number of nitrogens with zero attached hydrogens (tertiary/aromatic N) is 3. The minimum absolute atomic E-state index is 0.230. The lowest BCUT2D eigenvalue weighted by Crippen LogP contribution is -2.30. The highest BCUT2D eigenvalue weighted by Gasteiger charge is 2.26. The predicted octanol–water partition coefficient (Wildman–Crippen LogP) is 1.58. The Morgan fingerprint density at radius 1 is 1.60 bits per heavy atom. The van der Waals surface area contributed by atoms with Crippen LogP contribution < -0.4 is 16.4 Å². The average Bonchev–Trinajstić information content (AvgIpc) is 3.04. The highest BCUT2D eigenvalue weighted by atomic mass is 16.3. The van der Waals surface area contributed by atoms with Crippen molar-refractivity contribution in [2.45, 2.75) is 31.8 Å². The number of hydrogen-bond donors (Lipinski definition) is 4. The lowest BCUT2D eigenvalue weighted by Gasteiger charge is -2.26. The maximum atomic E-state index is 10.3. The number of nitrogens with one attached hydrogen (secondary N) is 2. The second kappa shape index (κ2) is 7.25. The molecule has 0 aromatic carbocycles. The molecule has 1 saturated heterocycles. The van der Waals surface area contributed by atoms with Gasteiger partial charge in [0.05, 0.1) is 18.0 Å². The maximum absolute atomic E-state index is 10.3. The summed E-state index contributed by atoms with van der Waals surface area (Å²) >= 11 is 0. The molecule has 7 heteroatoms. The minimum Gasteiger partial charge on any atom is -0.393 e. The number of aliphatic hydroxyl groups excluding tert-OH is 1. The zero-order valence-electron chi connectivity index (χ0n) is 14.8. The Bertz CT molecular complexity index is 801. The third-order valence-electron chi connectivity index (χ3n) is 4.68. The first-order valence-corrected chi connectivity index (χ1v) is 8.64. The van der Waals surface area contributed by atoms with Crippen LogP contribution in [0.25, 0.3) is 11.2 Å². The van der Waals surface area contributed by atoms with Gasteiger partial charge in [-0.3, -0.25) is 0 Å². The molecule has 134 valence electrons. The van der Waals surface area contributed by atoms with Crippen LogP contribution in [0.1, 0.15) is 48.6 Å².